The maximum Gasteiger partial charge on any atom is 0.262 e. The Morgan fingerprint density at radius 2 is 2.00 bits per heavy atom. The molecule has 110 valence electrons. The SMILES string of the molecule is C[C@H](N)c1ccc(OCC(=O)Nc2cccc(F)c2)cc1. The highest BCUT2D eigenvalue weighted by atomic mass is 19.1. The lowest BCUT2D eigenvalue weighted by atomic mass is 10.1. The van der Waals surface area contributed by atoms with Gasteiger partial charge in [-0.15, -0.1) is 0 Å². The third-order valence-corrected chi connectivity index (χ3v) is 2.88. The smallest absolute Gasteiger partial charge is 0.262 e. The fourth-order valence-corrected chi connectivity index (χ4v) is 1.78. The van der Waals surface area contributed by atoms with Crippen molar-refractivity contribution in [2.75, 3.05) is 11.9 Å². The Balaban J connectivity index is 1.86. The number of hydrogen-bond donors (Lipinski definition) is 2. The van der Waals surface area contributed by atoms with Crippen LogP contribution in [-0.2, 0) is 4.79 Å². The molecule has 2 aromatic rings. The molecule has 1 atom stereocenters. The van der Waals surface area contributed by atoms with Gasteiger partial charge in [-0.2, -0.15) is 0 Å². The standard InChI is InChI=1S/C16H17FN2O2/c1-11(18)12-5-7-15(8-6-12)21-10-16(20)19-14-4-2-3-13(17)9-14/h2-9,11H,10,18H2,1H3,(H,19,20)/t11-/m0/s1. The lowest BCUT2D eigenvalue weighted by Gasteiger charge is -2.09. The van der Waals surface area contributed by atoms with Gasteiger partial charge in [0.2, 0.25) is 0 Å². The van der Waals surface area contributed by atoms with Crippen molar-refractivity contribution in [2.45, 2.75) is 13.0 Å². The topological polar surface area (TPSA) is 64.3 Å². The number of hydrogen-bond acceptors (Lipinski definition) is 3. The molecule has 1 amide bonds. The second-order valence-corrected chi connectivity index (χ2v) is 4.70. The number of ether oxygens (including phenoxy) is 1. The molecule has 0 fully saturated rings. The molecule has 0 saturated heterocycles. The summed E-state index contributed by atoms with van der Waals surface area (Å²) >= 11 is 0. The molecule has 0 radical (unpaired) electrons. The fourth-order valence-electron chi connectivity index (χ4n) is 1.78. The minimum atomic E-state index is -0.403. The van der Waals surface area contributed by atoms with E-state index in [1.165, 1.54) is 18.2 Å². The van der Waals surface area contributed by atoms with E-state index in [1.807, 2.05) is 19.1 Å². The Morgan fingerprint density at radius 1 is 1.29 bits per heavy atom. The lowest BCUT2D eigenvalue weighted by Crippen LogP contribution is -2.20. The van der Waals surface area contributed by atoms with Gasteiger partial charge in [0.25, 0.3) is 5.91 Å². The third-order valence-electron chi connectivity index (χ3n) is 2.88. The first-order valence-electron chi connectivity index (χ1n) is 6.58. The predicted octanol–water partition coefficient (Wildman–Crippen LogP) is 2.86. The number of nitrogens with two attached hydrogens (primary N) is 1. The zero-order chi connectivity index (χ0) is 15.2. The minimum absolute atomic E-state index is 0.0460. The number of rotatable bonds is 5. The molecule has 3 N–H and O–H groups in total. The van der Waals surface area contributed by atoms with Gasteiger partial charge >= 0.3 is 0 Å². The number of anilines is 1. The zero-order valence-electron chi connectivity index (χ0n) is 11.7. The largest absolute Gasteiger partial charge is 0.484 e. The lowest BCUT2D eigenvalue weighted by molar-refractivity contribution is -0.118. The monoisotopic (exact) mass is 288 g/mol. The van der Waals surface area contributed by atoms with E-state index in [0.29, 0.717) is 11.4 Å². The van der Waals surface area contributed by atoms with Crippen LogP contribution in [0, 0.1) is 5.82 Å². The summed E-state index contributed by atoms with van der Waals surface area (Å²) in [6.45, 7) is 1.75. The number of amides is 1. The van der Waals surface area contributed by atoms with Gasteiger partial charge in [0, 0.05) is 11.7 Å². The van der Waals surface area contributed by atoms with Crippen molar-refractivity contribution in [3.8, 4) is 5.75 Å². The van der Waals surface area contributed by atoms with Crippen molar-refractivity contribution in [2.24, 2.45) is 5.73 Å². The summed E-state index contributed by atoms with van der Waals surface area (Å²) in [4.78, 5) is 11.7. The Morgan fingerprint density at radius 3 is 2.62 bits per heavy atom. The molecule has 0 spiro atoms. The second-order valence-electron chi connectivity index (χ2n) is 4.70. The quantitative estimate of drug-likeness (QED) is 0.889. The van der Waals surface area contributed by atoms with Gasteiger partial charge in [-0.3, -0.25) is 4.79 Å². The van der Waals surface area contributed by atoms with Gasteiger partial charge in [0.05, 0.1) is 0 Å². The van der Waals surface area contributed by atoms with E-state index in [9.17, 15) is 9.18 Å². The molecule has 0 aliphatic carbocycles. The van der Waals surface area contributed by atoms with Crippen LogP contribution in [0.3, 0.4) is 0 Å². The fraction of sp³-hybridized carbons (Fsp3) is 0.188. The molecular weight excluding hydrogens is 271 g/mol. The summed E-state index contributed by atoms with van der Waals surface area (Å²) in [7, 11) is 0. The van der Waals surface area contributed by atoms with Crippen molar-refractivity contribution in [3.05, 3.63) is 59.9 Å². The van der Waals surface area contributed by atoms with Crippen molar-refractivity contribution in [1.29, 1.82) is 0 Å². The van der Waals surface area contributed by atoms with Crippen LogP contribution in [-0.4, -0.2) is 12.5 Å². The first-order chi connectivity index (χ1) is 10.0. The number of carbonyl (C=O) groups excluding carboxylic acids is 1. The summed E-state index contributed by atoms with van der Waals surface area (Å²) in [6, 6.07) is 12.9. The molecule has 21 heavy (non-hydrogen) atoms. The zero-order valence-corrected chi connectivity index (χ0v) is 11.7. The summed E-state index contributed by atoms with van der Waals surface area (Å²) in [5.74, 6) is -0.175. The highest BCUT2D eigenvalue weighted by Crippen LogP contribution is 2.16. The molecular formula is C16H17FN2O2. The predicted molar refractivity (Wildman–Crippen MR) is 79.6 cm³/mol. The highest BCUT2D eigenvalue weighted by Gasteiger charge is 2.05. The van der Waals surface area contributed by atoms with E-state index in [2.05, 4.69) is 5.32 Å². The van der Waals surface area contributed by atoms with E-state index >= 15 is 0 Å². The molecule has 0 bridgehead atoms. The van der Waals surface area contributed by atoms with Gasteiger partial charge in [-0.1, -0.05) is 18.2 Å². The van der Waals surface area contributed by atoms with Crippen molar-refractivity contribution in [1.82, 2.24) is 0 Å². The summed E-state index contributed by atoms with van der Waals surface area (Å²) in [6.07, 6.45) is 0. The molecule has 0 aromatic heterocycles. The van der Waals surface area contributed by atoms with Crippen molar-refractivity contribution in [3.63, 3.8) is 0 Å². The van der Waals surface area contributed by atoms with Crippen molar-refractivity contribution >= 4 is 11.6 Å². The Kier molecular flexibility index (Phi) is 4.90. The second kappa shape index (κ2) is 6.85. The molecule has 0 heterocycles. The normalized spacial score (nSPS) is 11.8. The van der Waals surface area contributed by atoms with Crippen molar-refractivity contribution < 1.29 is 13.9 Å². The van der Waals surface area contributed by atoms with Gasteiger partial charge in [0.15, 0.2) is 6.61 Å². The molecule has 0 aliphatic heterocycles. The highest BCUT2D eigenvalue weighted by molar-refractivity contribution is 5.91. The molecule has 0 aliphatic rings. The average molecular weight is 288 g/mol. The number of carbonyl (C=O) groups is 1. The number of benzene rings is 2. The van der Waals surface area contributed by atoms with E-state index in [4.69, 9.17) is 10.5 Å². The van der Waals surface area contributed by atoms with Gasteiger partial charge in [-0.05, 0) is 42.8 Å². The molecule has 2 rings (SSSR count). The molecule has 0 saturated carbocycles. The minimum Gasteiger partial charge on any atom is -0.484 e. The van der Waals surface area contributed by atoms with Gasteiger partial charge < -0.3 is 15.8 Å². The maximum atomic E-state index is 13.0. The number of halogens is 1. The van der Waals surface area contributed by atoms with Gasteiger partial charge in [-0.25, -0.2) is 4.39 Å². The first-order valence-corrected chi connectivity index (χ1v) is 6.58. The Labute approximate surface area is 122 Å². The van der Waals surface area contributed by atoms with Crippen LogP contribution in [0.15, 0.2) is 48.5 Å². The first kappa shape index (κ1) is 15.0. The van der Waals surface area contributed by atoms with E-state index < -0.39 is 5.82 Å². The summed E-state index contributed by atoms with van der Waals surface area (Å²) in [5.41, 5.74) is 7.14. The van der Waals surface area contributed by atoms with Crippen LogP contribution in [0.1, 0.15) is 18.5 Å². The van der Waals surface area contributed by atoms with E-state index in [1.54, 1.807) is 18.2 Å². The average Bonchev–Trinajstić information content (AvgIpc) is 2.45. The van der Waals surface area contributed by atoms with Gasteiger partial charge in [0.1, 0.15) is 11.6 Å². The summed E-state index contributed by atoms with van der Waals surface area (Å²) in [5, 5.41) is 2.56. The molecule has 5 heteroatoms. The number of nitrogens with one attached hydrogen (secondary N) is 1. The van der Waals surface area contributed by atoms with Crippen LogP contribution in [0.25, 0.3) is 0 Å². The van der Waals surface area contributed by atoms with Crippen LogP contribution in [0.5, 0.6) is 5.75 Å². The van der Waals surface area contributed by atoms with Crippen LogP contribution in [0.2, 0.25) is 0 Å². The van der Waals surface area contributed by atoms with Crippen LogP contribution in [0.4, 0.5) is 10.1 Å². The van der Waals surface area contributed by atoms with E-state index in [0.717, 1.165) is 5.56 Å². The van der Waals surface area contributed by atoms with E-state index in [-0.39, 0.29) is 18.6 Å². The molecule has 2 aromatic carbocycles. The third kappa shape index (κ3) is 4.57. The summed E-state index contributed by atoms with van der Waals surface area (Å²) < 4.78 is 18.3. The van der Waals surface area contributed by atoms with Crippen LogP contribution >= 0.6 is 0 Å². The molecule has 4 nitrogen and oxygen atoms in total. The Bertz CT molecular complexity index is 612. The van der Waals surface area contributed by atoms with Crippen LogP contribution < -0.4 is 15.8 Å². The Hall–Kier alpha value is -2.40. The maximum absolute atomic E-state index is 13.0. The molecule has 0 unspecified atom stereocenters.